The van der Waals surface area contributed by atoms with Gasteiger partial charge in [0.15, 0.2) is 5.78 Å². The Morgan fingerprint density at radius 2 is 2.00 bits per heavy atom. The Kier molecular flexibility index (Phi) is 6.77. The van der Waals surface area contributed by atoms with Gasteiger partial charge in [-0.25, -0.2) is 4.79 Å². The highest BCUT2D eigenvalue weighted by molar-refractivity contribution is 7.10. The van der Waals surface area contributed by atoms with Crippen molar-refractivity contribution in [2.45, 2.75) is 31.6 Å². The van der Waals surface area contributed by atoms with E-state index in [1.807, 2.05) is 48.7 Å². The fraction of sp³-hybridized carbons (Fsp3) is 0.360. The normalized spacial score (nSPS) is 20.7. The standard InChI is InChI=1S/C25H27NO5S/c1-15-22(25(28)31-10-9-29-2)24(21-8-5-11-32-21)23-19(26-15)13-17(14-20(23)27)16-6-4-7-18(12-16)30-3/h4-8,11-12,17,24,26H,9-10,13-14H2,1-3H3. The molecular formula is C25H27NO5S. The minimum atomic E-state index is -0.417. The van der Waals surface area contributed by atoms with Crippen LogP contribution in [0.3, 0.4) is 0 Å². The molecule has 2 heterocycles. The lowest BCUT2D eigenvalue weighted by atomic mass is 9.73. The van der Waals surface area contributed by atoms with Crippen LogP contribution in [-0.4, -0.2) is 39.2 Å². The van der Waals surface area contributed by atoms with Gasteiger partial charge in [0.1, 0.15) is 12.4 Å². The number of rotatable bonds is 7. The van der Waals surface area contributed by atoms with E-state index < -0.39 is 11.9 Å². The van der Waals surface area contributed by atoms with E-state index in [1.54, 1.807) is 25.6 Å². The molecule has 0 saturated carbocycles. The number of thiophene rings is 1. The van der Waals surface area contributed by atoms with Gasteiger partial charge in [-0.1, -0.05) is 18.2 Å². The topological polar surface area (TPSA) is 73.9 Å². The molecule has 32 heavy (non-hydrogen) atoms. The number of dihydropyridines is 1. The fourth-order valence-corrected chi connectivity index (χ4v) is 5.32. The maximum Gasteiger partial charge on any atom is 0.336 e. The summed E-state index contributed by atoms with van der Waals surface area (Å²) in [4.78, 5) is 27.5. The molecule has 1 N–H and O–H groups in total. The molecule has 7 heteroatoms. The van der Waals surface area contributed by atoms with Crippen LogP contribution in [0.25, 0.3) is 0 Å². The molecule has 4 rings (SSSR count). The molecule has 1 aromatic heterocycles. The number of methoxy groups -OCH3 is 2. The molecule has 0 radical (unpaired) electrons. The molecule has 1 aliphatic heterocycles. The quantitative estimate of drug-likeness (QED) is 0.498. The fourth-order valence-electron chi connectivity index (χ4n) is 4.48. The second kappa shape index (κ2) is 9.71. The Hall–Kier alpha value is -2.90. The van der Waals surface area contributed by atoms with Crippen LogP contribution in [0.5, 0.6) is 5.75 Å². The highest BCUT2D eigenvalue weighted by Crippen LogP contribution is 2.46. The summed E-state index contributed by atoms with van der Waals surface area (Å²) in [6, 6.07) is 11.8. The molecule has 0 fully saturated rings. The Bertz CT molecular complexity index is 1070. The van der Waals surface area contributed by atoms with Gasteiger partial charge in [-0.3, -0.25) is 4.79 Å². The molecule has 2 aliphatic rings. The molecule has 0 saturated heterocycles. The third kappa shape index (κ3) is 4.36. The van der Waals surface area contributed by atoms with Gasteiger partial charge in [-0.05, 0) is 48.4 Å². The average molecular weight is 454 g/mol. The average Bonchev–Trinajstić information content (AvgIpc) is 3.32. The van der Waals surface area contributed by atoms with Crippen LogP contribution in [0.1, 0.15) is 42.0 Å². The third-order valence-electron chi connectivity index (χ3n) is 5.96. The second-order valence-corrected chi connectivity index (χ2v) is 8.92. The van der Waals surface area contributed by atoms with Gasteiger partial charge in [0, 0.05) is 35.4 Å². The summed E-state index contributed by atoms with van der Waals surface area (Å²) in [6.07, 6.45) is 1.08. The van der Waals surface area contributed by atoms with Gasteiger partial charge < -0.3 is 19.5 Å². The third-order valence-corrected chi connectivity index (χ3v) is 6.90. The van der Waals surface area contributed by atoms with Crippen LogP contribution in [0.4, 0.5) is 0 Å². The Morgan fingerprint density at radius 1 is 1.16 bits per heavy atom. The molecular weight excluding hydrogens is 426 g/mol. The van der Waals surface area contributed by atoms with Crippen molar-refractivity contribution in [1.29, 1.82) is 0 Å². The Labute approximate surface area is 191 Å². The molecule has 2 unspecified atom stereocenters. The highest BCUT2D eigenvalue weighted by atomic mass is 32.1. The summed E-state index contributed by atoms with van der Waals surface area (Å²) in [5.41, 5.74) is 3.86. The van der Waals surface area contributed by atoms with Crippen molar-refractivity contribution >= 4 is 23.1 Å². The minimum absolute atomic E-state index is 0.0517. The number of hydrogen-bond donors (Lipinski definition) is 1. The van der Waals surface area contributed by atoms with Crippen molar-refractivity contribution in [3.8, 4) is 5.75 Å². The first-order valence-corrected chi connectivity index (χ1v) is 11.5. The first kappa shape index (κ1) is 22.3. The lowest BCUT2D eigenvalue weighted by molar-refractivity contribution is -0.140. The summed E-state index contributed by atoms with van der Waals surface area (Å²) in [7, 11) is 3.20. The molecule has 2 aromatic rings. The number of nitrogens with one attached hydrogen (secondary N) is 1. The van der Waals surface area contributed by atoms with E-state index in [0.29, 0.717) is 30.6 Å². The van der Waals surface area contributed by atoms with Crippen LogP contribution < -0.4 is 10.1 Å². The van der Waals surface area contributed by atoms with Crippen molar-refractivity contribution < 1.29 is 23.8 Å². The zero-order chi connectivity index (χ0) is 22.7. The molecule has 6 nitrogen and oxygen atoms in total. The van der Waals surface area contributed by atoms with E-state index in [0.717, 1.165) is 27.6 Å². The lowest BCUT2D eigenvalue weighted by Gasteiger charge is -2.36. The second-order valence-electron chi connectivity index (χ2n) is 7.94. The number of hydrogen-bond acceptors (Lipinski definition) is 7. The van der Waals surface area contributed by atoms with E-state index in [9.17, 15) is 9.59 Å². The summed E-state index contributed by atoms with van der Waals surface area (Å²) < 4.78 is 15.8. The highest BCUT2D eigenvalue weighted by Gasteiger charge is 2.41. The first-order chi connectivity index (χ1) is 15.5. The van der Waals surface area contributed by atoms with Crippen molar-refractivity contribution in [2.75, 3.05) is 27.4 Å². The summed E-state index contributed by atoms with van der Waals surface area (Å²) >= 11 is 1.54. The van der Waals surface area contributed by atoms with Gasteiger partial charge in [0.2, 0.25) is 0 Å². The van der Waals surface area contributed by atoms with Crippen molar-refractivity contribution in [1.82, 2.24) is 5.32 Å². The van der Waals surface area contributed by atoms with Crippen molar-refractivity contribution in [3.63, 3.8) is 0 Å². The Morgan fingerprint density at radius 3 is 2.72 bits per heavy atom. The SMILES string of the molecule is COCCOC(=O)C1=C(C)NC2=C(C(=O)CC(c3cccc(OC)c3)C2)C1c1cccs1. The molecule has 168 valence electrons. The number of Topliss-reactive ketones (excluding diaryl/α,β-unsaturated/α-hetero) is 1. The van der Waals surface area contributed by atoms with Gasteiger partial charge in [-0.15, -0.1) is 11.3 Å². The lowest BCUT2D eigenvalue weighted by Crippen LogP contribution is -2.36. The maximum absolute atomic E-state index is 13.5. The molecule has 0 amide bonds. The number of ether oxygens (including phenoxy) is 3. The van der Waals surface area contributed by atoms with Gasteiger partial charge >= 0.3 is 5.97 Å². The van der Waals surface area contributed by atoms with Crippen LogP contribution in [-0.2, 0) is 19.1 Å². The van der Waals surface area contributed by atoms with Gasteiger partial charge in [-0.2, -0.15) is 0 Å². The number of benzene rings is 1. The summed E-state index contributed by atoms with van der Waals surface area (Å²) in [5, 5.41) is 5.34. The molecule has 0 spiro atoms. The number of allylic oxidation sites excluding steroid dienone is 3. The zero-order valence-electron chi connectivity index (χ0n) is 18.5. The summed E-state index contributed by atoms with van der Waals surface area (Å²) in [5.74, 6) is 0.0511. The number of carbonyl (C=O) groups excluding carboxylic acids is 2. The molecule has 1 aliphatic carbocycles. The maximum atomic E-state index is 13.5. The van der Waals surface area contributed by atoms with E-state index in [2.05, 4.69) is 5.32 Å². The predicted molar refractivity (Wildman–Crippen MR) is 123 cm³/mol. The van der Waals surface area contributed by atoms with Crippen LogP contribution in [0.15, 0.2) is 64.3 Å². The van der Waals surface area contributed by atoms with Crippen molar-refractivity contribution in [2.24, 2.45) is 0 Å². The van der Waals surface area contributed by atoms with Crippen LogP contribution in [0, 0.1) is 0 Å². The largest absolute Gasteiger partial charge is 0.497 e. The number of ketones is 1. The van der Waals surface area contributed by atoms with Gasteiger partial charge in [0.25, 0.3) is 0 Å². The molecule has 2 atom stereocenters. The number of esters is 1. The molecule has 1 aromatic carbocycles. The van der Waals surface area contributed by atoms with Gasteiger partial charge in [0.05, 0.1) is 25.2 Å². The predicted octanol–water partition coefficient (Wildman–Crippen LogP) is 4.31. The van der Waals surface area contributed by atoms with E-state index >= 15 is 0 Å². The van der Waals surface area contributed by atoms with Crippen LogP contribution in [0.2, 0.25) is 0 Å². The van der Waals surface area contributed by atoms with Crippen molar-refractivity contribution in [3.05, 3.63) is 74.8 Å². The number of carbonyl (C=O) groups is 2. The van der Waals surface area contributed by atoms with E-state index in [-0.39, 0.29) is 18.3 Å². The van der Waals surface area contributed by atoms with Crippen LogP contribution >= 0.6 is 11.3 Å². The van der Waals surface area contributed by atoms with E-state index in [1.165, 1.54) is 0 Å². The summed E-state index contributed by atoms with van der Waals surface area (Å²) in [6.45, 7) is 2.36. The first-order valence-electron chi connectivity index (χ1n) is 10.6. The molecule has 0 bridgehead atoms. The monoisotopic (exact) mass is 453 g/mol. The minimum Gasteiger partial charge on any atom is -0.497 e. The Balaban J connectivity index is 1.69. The smallest absolute Gasteiger partial charge is 0.336 e. The zero-order valence-corrected chi connectivity index (χ0v) is 19.3. The van der Waals surface area contributed by atoms with E-state index in [4.69, 9.17) is 14.2 Å².